The molecule has 1 amide bonds. The summed E-state index contributed by atoms with van der Waals surface area (Å²) in [6.45, 7) is 3.20. The minimum absolute atomic E-state index is 0.0607. The number of carboxylic acids is 1. The van der Waals surface area contributed by atoms with Gasteiger partial charge >= 0.3 is 12.1 Å². The molecule has 8 heteroatoms. The standard InChI is InChI=1S/C32H37F4NO3/c1-3-20-4-6-21(7-5-20)19-31-16-17-37(28(38)22-8-10-23(11-9-22)29(39)40)27(31)15-12-24-18-25(13-14-26(24)31)30(2,33)32(34,35)36/h4-7,13-14,18,22-23,27H,3,8-12,15-17,19H2,1-2H3,(H,39,40)/t22-,23-,27?,30?,31?. The number of nitrogens with zero attached hydrogens (tertiary/aromatic N) is 1. The Morgan fingerprint density at radius 3 is 2.17 bits per heavy atom. The molecule has 0 aromatic heterocycles. The van der Waals surface area contributed by atoms with Gasteiger partial charge in [0.1, 0.15) is 0 Å². The topological polar surface area (TPSA) is 57.6 Å². The smallest absolute Gasteiger partial charge is 0.426 e. The molecule has 2 aromatic carbocycles. The lowest BCUT2D eigenvalue weighted by Crippen LogP contribution is -2.51. The predicted octanol–water partition coefficient (Wildman–Crippen LogP) is 6.91. The van der Waals surface area contributed by atoms with Crippen molar-refractivity contribution in [1.29, 1.82) is 0 Å². The van der Waals surface area contributed by atoms with Gasteiger partial charge in [0.2, 0.25) is 11.6 Å². The van der Waals surface area contributed by atoms with Crippen molar-refractivity contribution in [2.75, 3.05) is 6.54 Å². The SMILES string of the molecule is CCc1ccc(CC23CCN(C(=O)[C@H]4CC[C@H](C(=O)O)CC4)C2CCc2cc(C(C)(F)C(F)(F)F)ccc23)cc1. The summed E-state index contributed by atoms with van der Waals surface area (Å²) >= 11 is 0. The molecule has 2 aromatic rings. The second-order valence-electron chi connectivity index (χ2n) is 12.1. The summed E-state index contributed by atoms with van der Waals surface area (Å²) in [6.07, 6.45) is 0.340. The summed E-state index contributed by atoms with van der Waals surface area (Å²) in [5.41, 5.74) is -0.381. The third-order valence-corrected chi connectivity index (χ3v) is 9.88. The molecule has 1 saturated heterocycles. The fourth-order valence-corrected chi connectivity index (χ4v) is 7.37. The van der Waals surface area contributed by atoms with Gasteiger partial charge in [0.15, 0.2) is 0 Å². The lowest BCUT2D eigenvalue weighted by atomic mass is 9.63. The first-order valence-corrected chi connectivity index (χ1v) is 14.4. The Balaban J connectivity index is 1.49. The average molecular weight is 560 g/mol. The first-order chi connectivity index (χ1) is 18.9. The summed E-state index contributed by atoms with van der Waals surface area (Å²) in [6, 6.07) is 12.6. The van der Waals surface area contributed by atoms with Gasteiger partial charge in [-0.05, 0) is 92.5 Å². The van der Waals surface area contributed by atoms with Gasteiger partial charge < -0.3 is 10.0 Å². The van der Waals surface area contributed by atoms with Gasteiger partial charge in [0.25, 0.3) is 0 Å². The maximum Gasteiger partial charge on any atom is 0.426 e. The molecule has 3 atom stereocenters. The lowest BCUT2D eigenvalue weighted by molar-refractivity contribution is -0.228. The average Bonchev–Trinajstić information content (AvgIpc) is 3.31. The highest BCUT2D eigenvalue weighted by Crippen LogP contribution is 2.51. The highest BCUT2D eigenvalue weighted by molar-refractivity contribution is 5.80. The Morgan fingerprint density at radius 2 is 1.57 bits per heavy atom. The molecule has 1 N–H and O–H groups in total. The molecule has 2 aliphatic carbocycles. The number of rotatable bonds is 6. The zero-order chi connectivity index (χ0) is 28.9. The van der Waals surface area contributed by atoms with Crippen LogP contribution in [0.25, 0.3) is 0 Å². The summed E-state index contributed by atoms with van der Waals surface area (Å²) in [4.78, 5) is 27.2. The highest BCUT2D eigenvalue weighted by atomic mass is 19.4. The minimum atomic E-state index is -5.02. The van der Waals surface area contributed by atoms with Crippen LogP contribution in [0.5, 0.6) is 0 Å². The second kappa shape index (κ2) is 10.5. The molecule has 3 aliphatic rings. The number of likely N-dealkylation sites (tertiary alicyclic amines) is 1. The molecule has 1 saturated carbocycles. The number of amides is 1. The third-order valence-electron chi connectivity index (χ3n) is 9.88. The molecule has 5 rings (SSSR count). The van der Waals surface area contributed by atoms with Crippen molar-refractivity contribution in [3.05, 3.63) is 70.3 Å². The first kappa shape index (κ1) is 28.6. The Bertz CT molecular complexity index is 1260. The monoisotopic (exact) mass is 559 g/mol. The Morgan fingerprint density at radius 1 is 0.950 bits per heavy atom. The molecule has 3 unspecified atom stereocenters. The molecule has 1 aliphatic heterocycles. The van der Waals surface area contributed by atoms with Crippen LogP contribution < -0.4 is 0 Å². The number of fused-ring (bicyclic) bond motifs is 3. The molecular formula is C32H37F4NO3. The van der Waals surface area contributed by atoms with Crippen LogP contribution in [0.3, 0.4) is 0 Å². The Hall–Kier alpha value is -2.90. The summed E-state index contributed by atoms with van der Waals surface area (Å²) in [5.74, 6) is -1.36. The molecule has 4 nitrogen and oxygen atoms in total. The van der Waals surface area contributed by atoms with Gasteiger partial charge in [-0.1, -0.05) is 49.4 Å². The van der Waals surface area contributed by atoms with Crippen LogP contribution in [0.15, 0.2) is 42.5 Å². The number of hydrogen-bond acceptors (Lipinski definition) is 2. The number of benzene rings is 2. The van der Waals surface area contributed by atoms with Crippen LogP contribution in [0.2, 0.25) is 0 Å². The molecule has 0 radical (unpaired) electrons. The fourth-order valence-electron chi connectivity index (χ4n) is 7.37. The van der Waals surface area contributed by atoms with E-state index in [0.717, 1.165) is 23.1 Å². The van der Waals surface area contributed by atoms with Crippen LogP contribution in [-0.2, 0) is 39.9 Å². The van der Waals surface area contributed by atoms with Gasteiger partial charge in [0, 0.05) is 23.9 Å². The predicted molar refractivity (Wildman–Crippen MR) is 144 cm³/mol. The molecule has 2 fully saturated rings. The number of aliphatic carboxylic acids is 1. The Labute approximate surface area is 232 Å². The van der Waals surface area contributed by atoms with E-state index in [1.54, 1.807) is 6.07 Å². The van der Waals surface area contributed by atoms with Crippen LogP contribution in [0.4, 0.5) is 17.6 Å². The van der Waals surface area contributed by atoms with E-state index in [0.29, 0.717) is 64.8 Å². The van der Waals surface area contributed by atoms with Crippen LogP contribution >= 0.6 is 0 Å². The third kappa shape index (κ3) is 4.92. The van der Waals surface area contributed by atoms with Crippen LogP contribution in [0.1, 0.15) is 80.2 Å². The summed E-state index contributed by atoms with van der Waals surface area (Å²) < 4.78 is 55.5. The van der Waals surface area contributed by atoms with Crippen LogP contribution in [0, 0.1) is 11.8 Å². The summed E-state index contributed by atoms with van der Waals surface area (Å²) in [7, 11) is 0. The number of carboxylic acid groups (broad SMARTS) is 1. The highest BCUT2D eigenvalue weighted by Gasteiger charge is 2.56. The lowest BCUT2D eigenvalue weighted by Gasteiger charge is -2.45. The zero-order valence-electron chi connectivity index (χ0n) is 23.1. The van der Waals surface area contributed by atoms with Crippen molar-refractivity contribution in [1.82, 2.24) is 4.90 Å². The van der Waals surface area contributed by atoms with Gasteiger partial charge in [0.05, 0.1) is 5.92 Å². The molecule has 1 heterocycles. The van der Waals surface area contributed by atoms with E-state index in [2.05, 4.69) is 31.2 Å². The number of carbonyl (C=O) groups is 2. The van der Waals surface area contributed by atoms with E-state index < -0.39 is 29.1 Å². The molecular weight excluding hydrogens is 522 g/mol. The van der Waals surface area contributed by atoms with E-state index in [9.17, 15) is 32.3 Å². The molecule has 0 spiro atoms. The Kier molecular flexibility index (Phi) is 7.51. The van der Waals surface area contributed by atoms with E-state index in [4.69, 9.17) is 0 Å². The number of halogens is 4. The second-order valence-corrected chi connectivity index (χ2v) is 12.1. The van der Waals surface area contributed by atoms with E-state index in [-0.39, 0.29) is 23.4 Å². The largest absolute Gasteiger partial charge is 0.481 e. The maximum absolute atomic E-state index is 14.9. The van der Waals surface area contributed by atoms with Crippen molar-refractivity contribution >= 4 is 11.9 Å². The van der Waals surface area contributed by atoms with E-state index in [1.807, 2.05) is 4.90 Å². The van der Waals surface area contributed by atoms with Crippen molar-refractivity contribution in [3.63, 3.8) is 0 Å². The summed E-state index contributed by atoms with van der Waals surface area (Å²) in [5, 5.41) is 9.36. The van der Waals surface area contributed by atoms with Crippen LogP contribution in [-0.4, -0.2) is 40.6 Å². The molecule has 0 bridgehead atoms. The molecule has 40 heavy (non-hydrogen) atoms. The number of carbonyl (C=O) groups excluding carboxylic acids is 1. The number of aryl methyl sites for hydroxylation is 2. The van der Waals surface area contributed by atoms with Crippen molar-refractivity contribution in [3.8, 4) is 0 Å². The minimum Gasteiger partial charge on any atom is -0.481 e. The number of alkyl halides is 4. The van der Waals surface area contributed by atoms with Gasteiger partial charge in [-0.2, -0.15) is 13.2 Å². The first-order valence-electron chi connectivity index (χ1n) is 14.4. The molecule has 216 valence electrons. The van der Waals surface area contributed by atoms with Gasteiger partial charge in [-0.3, -0.25) is 9.59 Å². The van der Waals surface area contributed by atoms with Crippen molar-refractivity contribution in [2.24, 2.45) is 11.8 Å². The zero-order valence-corrected chi connectivity index (χ0v) is 23.1. The van der Waals surface area contributed by atoms with Gasteiger partial charge in [-0.15, -0.1) is 0 Å². The van der Waals surface area contributed by atoms with E-state index in [1.165, 1.54) is 17.7 Å². The fraction of sp³-hybridized carbons (Fsp3) is 0.562. The van der Waals surface area contributed by atoms with Crippen molar-refractivity contribution in [2.45, 2.75) is 94.9 Å². The van der Waals surface area contributed by atoms with Gasteiger partial charge in [-0.25, -0.2) is 4.39 Å². The van der Waals surface area contributed by atoms with E-state index >= 15 is 0 Å². The normalized spacial score (nSPS) is 27.9. The maximum atomic E-state index is 14.9. The quantitative estimate of drug-likeness (QED) is 0.391. The number of hydrogen-bond donors (Lipinski definition) is 1. The van der Waals surface area contributed by atoms with Crippen molar-refractivity contribution < 1.29 is 32.3 Å².